The van der Waals surface area contributed by atoms with E-state index < -0.39 is 0 Å². The molecule has 0 fully saturated rings. The van der Waals surface area contributed by atoms with E-state index in [1.165, 1.54) is 0 Å². The lowest BCUT2D eigenvalue weighted by Crippen LogP contribution is -2.38. The van der Waals surface area contributed by atoms with Crippen molar-refractivity contribution in [2.24, 2.45) is 12.0 Å². The molecule has 4 aromatic rings. The third kappa shape index (κ3) is 3.49. The van der Waals surface area contributed by atoms with E-state index in [0.29, 0.717) is 22.4 Å². The number of nitrogens with one attached hydrogen (secondary N) is 1. The van der Waals surface area contributed by atoms with Crippen LogP contribution in [0.1, 0.15) is 30.0 Å². The molecule has 3 aromatic heterocycles. The summed E-state index contributed by atoms with van der Waals surface area (Å²) in [7, 11) is 3.49. The first-order valence-electron chi connectivity index (χ1n) is 10.1. The van der Waals surface area contributed by atoms with Crippen LogP contribution in [0.5, 0.6) is 5.88 Å². The van der Waals surface area contributed by atoms with Crippen LogP contribution in [0, 0.1) is 6.92 Å². The lowest BCUT2D eigenvalue weighted by atomic mass is 10.0. The number of imidazole rings is 1. The molecule has 10 heteroatoms. The van der Waals surface area contributed by atoms with Crippen LogP contribution in [-0.2, 0) is 11.9 Å². The van der Waals surface area contributed by atoms with Crippen molar-refractivity contribution in [1.29, 1.82) is 0 Å². The van der Waals surface area contributed by atoms with Crippen molar-refractivity contribution < 1.29 is 9.57 Å². The number of aromatic nitrogens is 5. The first-order chi connectivity index (χ1) is 15.4. The minimum Gasteiger partial charge on any atom is -0.479 e. The summed E-state index contributed by atoms with van der Waals surface area (Å²) in [6.45, 7) is 3.88. The van der Waals surface area contributed by atoms with Gasteiger partial charge in [0.25, 0.3) is 0 Å². The number of halogens is 1. The van der Waals surface area contributed by atoms with E-state index >= 15 is 0 Å². The Labute approximate surface area is 189 Å². The summed E-state index contributed by atoms with van der Waals surface area (Å²) in [5.41, 5.74) is 6.98. The summed E-state index contributed by atoms with van der Waals surface area (Å²) in [4.78, 5) is 19.7. The van der Waals surface area contributed by atoms with E-state index in [2.05, 4.69) is 15.4 Å². The topological polar surface area (TPSA) is 91.4 Å². The monoisotopic (exact) mass is 451 g/mol. The molecule has 5 rings (SSSR count). The Morgan fingerprint density at radius 2 is 2.06 bits per heavy atom. The van der Waals surface area contributed by atoms with E-state index in [1.807, 2.05) is 66.7 Å². The highest BCUT2D eigenvalue weighted by Gasteiger charge is 2.30. The van der Waals surface area contributed by atoms with Gasteiger partial charge in [0.2, 0.25) is 5.88 Å². The summed E-state index contributed by atoms with van der Waals surface area (Å²) in [5, 5.41) is 6.31. The first-order valence-corrected chi connectivity index (χ1v) is 10.5. The molecule has 2 atom stereocenters. The van der Waals surface area contributed by atoms with Crippen molar-refractivity contribution in [2.75, 3.05) is 7.11 Å². The molecule has 1 aliphatic heterocycles. The number of fused-ring (bicyclic) bond motifs is 1. The van der Waals surface area contributed by atoms with Crippen LogP contribution in [0.2, 0.25) is 5.02 Å². The van der Waals surface area contributed by atoms with Crippen LogP contribution >= 0.6 is 11.6 Å². The molecule has 0 amide bonds. The Morgan fingerprint density at radius 1 is 1.22 bits per heavy atom. The number of pyridine rings is 1. The maximum absolute atomic E-state index is 6.25. The number of amidine groups is 1. The maximum Gasteiger partial charge on any atom is 0.238 e. The molecule has 0 saturated carbocycles. The largest absolute Gasteiger partial charge is 0.479 e. The average molecular weight is 452 g/mol. The van der Waals surface area contributed by atoms with Gasteiger partial charge in [-0.15, -0.1) is 0 Å². The normalized spacial score (nSPS) is 18.5. The van der Waals surface area contributed by atoms with Gasteiger partial charge in [0.05, 0.1) is 30.3 Å². The maximum atomic E-state index is 6.25. The standard InChI is InChI=1S/C22H22ClN7O2/c1-12-10-30(11-24-12)18-8-6-16(25-22(18)31-4)21-26-19(13(2)32-28-21)20-15-9-14(23)5-7-17(15)29(3)27-20/h5-11,13,19H,1-4H3,(H,26,28). The van der Waals surface area contributed by atoms with Crippen LogP contribution in [0.15, 0.2) is 47.8 Å². The predicted octanol–water partition coefficient (Wildman–Crippen LogP) is 3.54. The molecule has 0 spiro atoms. The number of ether oxygens (including phenoxy) is 1. The van der Waals surface area contributed by atoms with Crippen molar-refractivity contribution in [1.82, 2.24) is 29.8 Å². The van der Waals surface area contributed by atoms with Crippen molar-refractivity contribution >= 4 is 28.3 Å². The number of benzene rings is 1. The molecule has 2 unspecified atom stereocenters. The van der Waals surface area contributed by atoms with Gasteiger partial charge in [0, 0.05) is 23.7 Å². The summed E-state index contributed by atoms with van der Waals surface area (Å²) in [6, 6.07) is 9.16. The van der Waals surface area contributed by atoms with Gasteiger partial charge in [0.1, 0.15) is 23.5 Å². The van der Waals surface area contributed by atoms with E-state index in [9.17, 15) is 0 Å². The highest BCUT2D eigenvalue weighted by molar-refractivity contribution is 6.31. The number of aryl methyl sites for hydroxylation is 2. The third-order valence-corrected chi connectivity index (χ3v) is 5.68. The second-order valence-electron chi connectivity index (χ2n) is 7.67. The molecule has 0 aliphatic carbocycles. The molecule has 0 bridgehead atoms. The highest BCUT2D eigenvalue weighted by Crippen LogP contribution is 2.33. The van der Waals surface area contributed by atoms with E-state index in [-0.39, 0.29) is 12.1 Å². The van der Waals surface area contributed by atoms with Crippen LogP contribution < -0.4 is 10.2 Å². The number of hydrogen-bond donors (Lipinski definition) is 1. The SMILES string of the molecule is COc1nc(C2=NC(c3nn(C)c4ccc(Cl)cc34)C(C)ON2)ccc1-n1cnc(C)c1. The van der Waals surface area contributed by atoms with Crippen LogP contribution in [-0.4, -0.2) is 43.4 Å². The van der Waals surface area contributed by atoms with Gasteiger partial charge in [-0.2, -0.15) is 5.10 Å². The Hall–Kier alpha value is -3.43. The smallest absolute Gasteiger partial charge is 0.238 e. The molecule has 164 valence electrons. The second kappa shape index (κ2) is 7.92. The molecule has 1 N–H and O–H groups in total. The Kier molecular flexibility index (Phi) is 5.07. The van der Waals surface area contributed by atoms with Gasteiger partial charge in [0.15, 0.2) is 5.84 Å². The number of methoxy groups -OCH3 is 1. The molecule has 0 radical (unpaired) electrons. The van der Waals surface area contributed by atoms with E-state index in [1.54, 1.807) is 13.4 Å². The molecule has 1 aromatic carbocycles. The van der Waals surface area contributed by atoms with E-state index in [4.69, 9.17) is 31.3 Å². The predicted molar refractivity (Wildman–Crippen MR) is 121 cm³/mol. The van der Waals surface area contributed by atoms with Gasteiger partial charge in [-0.05, 0) is 44.2 Å². The lowest BCUT2D eigenvalue weighted by Gasteiger charge is -2.26. The van der Waals surface area contributed by atoms with Crippen LogP contribution in [0.25, 0.3) is 16.6 Å². The van der Waals surface area contributed by atoms with Crippen LogP contribution in [0.3, 0.4) is 0 Å². The summed E-state index contributed by atoms with van der Waals surface area (Å²) >= 11 is 6.25. The molecule has 1 aliphatic rings. The summed E-state index contributed by atoms with van der Waals surface area (Å²) in [5.74, 6) is 0.954. The Morgan fingerprint density at radius 3 is 2.81 bits per heavy atom. The number of rotatable bonds is 4. The number of aliphatic imine (C=N–C) groups is 1. The molecular formula is C22H22ClN7O2. The zero-order valence-electron chi connectivity index (χ0n) is 18.1. The van der Waals surface area contributed by atoms with E-state index in [0.717, 1.165) is 28.0 Å². The minimum atomic E-state index is -0.336. The zero-order valence-corrected chi connectivity index (χ0v) is 18.8. The minimum absolute atomic E-state index is 0.245. The number of hydrogen-bond acceptors (Lipinski definition) is 7. The molecule has 32 heavy (non-hydrogen) atoms. The molecule has 4 heterocycles. The Bertz CT molecular complexity index is 1340. The number of nitrogens with zero attached hydrogens (tertiary/aromatic N) is 6. The fourth-order valence-corrected chi connectivity index (χ4v) is 4.01. The van der Waals surface area contributed by atoms with Gasteiger partial charge in [-0.3, -0.25) is 14.5 Å². The van der Waals surface area contributed by atoms with Crippen molar-refractivity contribution in [2.45, 2.75) is 26.0 Å². The van der Waals surface area contributed by atoms with Crippen LogP contribution in [0.4, 0.5) is 0 Å². The fraction of sp³-hybridized carbons (Fsp3) is 0.273. The van der Waals surface area contributed by atoms with Gasteiger partial charge < -0.3 is 9.30 Å². The van der Waals surface area contributed by atoms with Gasteiger partial charge in [-0.25, -0.2) is 15.4 Å². The van der Waals surface area contributed by atoms with Crippen molar-refractivity contribution in [3.05, 3.63) is 65.0 Å². The quantitative estimate of drug-likeness (QED) is 0.510. The fourth-order valence-electron chi connectivity index (χ4n) is 3.83. The molecular weight excluding hydrogens is 430 g/mol. The zero-order chi connectivity index (χ0) is 22.4. The van der Waals surface area contributed by atoms with Gasteiger partial charge in [-0.1, -0.05) is 11.6 Å². The average Bonchev–Trinajstić information content (AvgIpc) is 3.36. The second-order valence-corrected chi connectivity index (χ2v) is 8.10. The first kappa shape index (κ1) is 20.5. The summed E-state index contributed by atoms with van der Waals surface area (Å²) < 4.78 is 9.23. The van der Waals surface area contributed by atoms with Crippen molar-refractivity contribution in [3.63, 3.8) is 0 Å². The number of hydroxylamine groups is 1. The Balaban J connectivity index is 1.56. The van der Waals surface area contributed by atoms with Crippen molar-refractivity contribution in [3.8, 4) is 11.6 Å². The highest BCUT2D eigenvalue weighted by atomic mass is 35.5. The summed E-state index contributed by atoms with van der Waals surface area (Å²) in [6.07, 6.45) is 3.39. The third-order valence-electron chi connectivity index (χ3n) is 5.44. The lowest BCUT2D eigenvalue weighted by molar-refractivity contribution is -0.00540. The molecule has 9 nitrogen and oxygen atoms in total. The molecule has 0 saturated heterocycles. The van der Waals surface area contributed by atoms with Gasteiger partial charge >= 0.3 is 0 Å².